The molecule has 5 nitrogen and oxygen atoms in total. The van der Waals surface area contributed by atoms with Gasteiger partial charge in [-0.15, -0.1) is 0 Å². The monoisotopic (exact) mass is 356 g/mol. The van der Waals surface area contributed by atoms with Crippen LogP contribution in [0.25, 0.3) is 11.0 Å². The summed E-state index contributed by atoms with van der Waals surface area (Å²) in [6, 6.07) is 1.68. The van der Waals surface area contributed by atoms with E-state index in [2.05, 4.69) is 15.9 Å². The maximum atomic E-state index is 12.2. The number of aryl methyl sites for hydroxylation is 1. The van der Waals surface area contributed by atoms with E-state index in [1.54, 1.807) is 19.9 Å². The van der Waals surface area contributed by atoms with Crippen molar-refractivity contribution in [3.05, 3.63) is 27.4 Å². The van der Waals surface area contributed by atoms with Gasteiger partial charge in [-0.25, -0.2) is 4.79 Å². The molecule has 114 valence electrons. The molecule has 0 atom stereocenters. The molecular formula is C15H19BrNO4+. The summed E-state index contributed by atoms with van der Waals surface area (Å²) >= 11 is 3.32. The third-order valence-electron chi connectivity index (χ3n) is 3.19. The van der Waals surface area contributed by atoms with E-state index in [-0.39, 0.29) is 5.75 Å². The van der Waals surface area contributed by atoms with Crippen molar-refractivity contribution in [2.75, 3.05) is 20.7 Å². The van der Waals surface area contributed by atoms with Crippen LogP contribution in [0.4, 0.5) is 0 Å². The van der Waals surface area contributed by atoms with Crippen LogP contribution in [0.15, 0.2) is 15.0 Å². The second kappa shape index (κ2) is 6.07. The lowest BCUT2D eigenvalue weighted by Crippen LogP contribution is -3.04. The Labute approximate surface area is 131 Å². The summed E-state index contributed by atoms with van der Waals surface area (Å²) in [5.74, 6) is 0.205. The van der Waals surface area contributed by atoms with Gasteiger partial charge in [0.2, 0.25) is 0 Å². The lowest BCUT2D eigenvalue weighted by atomic mass is 10.0. The van der Waals surface area contributed by atoms with E-state index in [0.717, 1.165) is 4.90 Å². The molecule has 0 aliphatic carbocycles. The number of halogens is 1. The van der Waals surface area contributed by atoms with Crippen LogP contribution in [0.3, 0.4) is 0 Å². The maximum absolute atomic E-state index is 12.2. The molecule has 2 aromatic rings. The minimum Gasteiger partial charge on any atom is -0.506 e. The van der Waals surface area contributed by atoms with Gasteiger partial charge in [-0.05, 0) is 35.8 Å². The summed E-state index contributed by atoms with van der Waals surface area (Å²) in [7, 11) is 3.95. The third kappa shape index (κ3) is 2.91. The summed E-state index contributed by atoms with van der Waals surface area (Å²) in [6.45, 7) is 4.34. The van der Waals surface area contributed by atoms with Crippen molar-refractivity contribution in [2.45, 2.75) is 20.4 Å². The molecule has 0 saturated heterocycles. The Morgan fingerprint density at radius 1 is 1.48 bits per heavy atom. The van der Waals surface area contributed by atoms with Gasteiger partial charge in [0.1, 0.15) is 29.2 Å². The van der Waals surface area contributed by atoms with E-state index >= 15 is 0 Å². The molecule has 0 unspecified atom stereocenters. The molecule has 0 fully saturated rings. The van der Waals surface area contributed by atoms with Crippen molar-refractivity contribution in [1.82, 2.24) is 0 Å². The number of ether oxygens (including phenoxy) is 1. The summed E-state index contributed by atoms with van der Waals surface area (Å²) in [4.78, 5) is 13.3. The van der Waals surface area contributed by atoms with Gasteiger partial charge in [0.25, 0.3) is 0 Å². The van der Waals surface area contributed by atoms with Crippen LogP contribution in [-0.4, -0.2) is 31.8 Å². The number of esters is 1. The predicted molar refractivity (Wildman–Crippen MR) is 82.8 cm³/mol. The summed E-state index contributed by atoms with van der Waals surface area (Å²) in [6.07, 6.45) is 0. The van der Waals surface area contributed by atoms with E-state index in [0.29, 0.717) is 45.5 Å². The standard InChI is InChI=1S/C15H18BrNO4/c1-5-20-15(19)12-8(2)21-11-6-10(16)14(18)9(13(11)12)7-17(3)4/h6,18H,5,7H2,1-4H3/p+1. The number of phenolic OH excluding ortho intramolecular Hbond substituents is 1. The van der Waals surface area contributed by atoms with E-state index in [1.165, 1.54) is 0 Å². The number of carbonyl (C=O) groups is 1. The number of fused-ring (bicyclic) bond motifs is 1. The van der Waals surface area contributed by atoms with Gasteiger partial charge in [0, 0.05) is 5.39 Å². The fourth-order valence-corrected chi connectivity index (χ4v) is 2.84. The van der Waals surface area contributed by atoms with Crippen LogP contribution in [-0.2, 0) is 11.3 Å². The molecule has 1 aromatic carbocycles. The molecule has 0 amide bonds. The number of nitrogens with one attached hydrogen (secondary N) is 1. The van der Waals surface area contributed by atoms with E-state index in [4.69, 9.17) is 9.15 Å². The zero-order chi connectivity index (χ0) is 15.7. The van der Waals surface area contributed by atoms with Crippen LogP contribution >= 0.6 is 15.9 Å². The number of rotatable bonds is 4. The van der Waals surface area contributed by atoms with Crippen LogP contribution in [0.1, 0.15) is 28.6 Å². The topological polar surface area (TPSA) is 64.1 Å². The van der Waals surface area contributed by atoms with Crippen molar-refractivity contribution in [1.29, 1.82) is 0 Å². The highest BCUT2D eigenvalue weighted by Gasteiger charge is 2.26. The Bertz CT molecular complexity index is 691. The van der Waals surface area contributed by atoms with E-state index < -0.39 is 5.97 Å². The summed E-state index contributed by atoms with van der Waals surface area (Å²) < 4.78 is 11.3. The second-order valence-electron chi connectivity index (χ2n) is 5.20. The summed E-state index contributed by atoms with van der Waals surface area (Å²) in [5, 5.41) is 11.0. The smallest absolute Gasteiger partial charge is 0.342 e. The fourth-order valence-electron chi connectivity index (χ4n) is 2.39. The van der Waals surface area contributed by atoms with Gasteiger partial charge in [-0.3, -0.25) is 0 Å². The highest BCUT2D eigenvalue weighted by Crippen LogP contribution is 2.38. The first-order valence-electron chi connectivity index (χ1n) is 6.76. The lowest BCUT2D eigenvalue weighted by molar-refractivity contribution is -0.872. The number of furan rings is 1. The molecule has 6 heteroatoms. The molecule has 21 heavy (non-hydrogen) atoms. The van der Waals surface area contributed by atoms with Crippen LogP contribution in [0.5, 0.6) is 5.75 Å². The molecule has 0 bridgehead atoms. The average molecular weight is 357 g/mol. The number of carbonyl (C=O) groups excluding carboxylic acids is 1. The molecule has 2 rings (SSSR count). The molecule has 0 aliphatic heterocycles. The lowest BCUT2D eigenvalue weighted by Gasteiger charge is -2.12. The number of phenols is 1. The van der Waals surface area contributed by atoms with Gasteiger partial charge in [-0.1, -0.05) is 0 Å². The minimum absolute atomic E-state index is 0.134. The van der Waals surface area contributed by atoms with Crippen LogP contribution in [0.2, 0.25) is 0 Å². The third-order valence-corrected chi connectivity index (χ3v) is 3.80. The minimum atomic E-state index is -0.425. The van der Waals surface area contributed by atoms with Crippen molar-refractivity contribution < 1.29 is 24.0 Å². The number of quaternary nitrogens is 1. The average Bonchev–Trinajstić information content (AvgIpc) is 2.70. The van der Waals surface area contributed by atoms with Crippen molar-refractivity contribution in [2.24, 2.45) is 0 Å². The molecular weight excluding hydrogens is 338 g/mol. The quantitative estimate of drug-likeness (QED) is 0.822. The Kier molecular flexibility index (Phi) is 4.58. The highest BCUT2D eigenvalue weighted by atomic mass is 79.9. The number of benzene rings is 1. The molecule has 1 heterocycles. The SMILES string of the molecule is CCOC(=O)c1c(C)oc2cc(Br)c(O)c(C[NH+](C)C)c12. The molecule has 0 spiro atoms. The Morgan fingerprint density at radius 3 is 2.71 bits per heavy atom. The maximum Gasteiger partial charge on any atom is 0.342 e. The molecule has 2 N–H and O–H groups in total. The highest BCUT2D eigenvalue weighted by molar-refractivity contribution is 9.10. The Hall–Kier alpha value is -1.53. The zero-order valence-corrected chi connectivity index (χ0v) is 14.1. The first kappa shape index (κ1) is 15.9. The number of hydrogen-bond donors (Lipinski definition) is 2. The first-order chi connectivity index (χ1) is 9.86. The molecule has 0 radical (unpaired) electrons. The first-order valence-corrected chi connectivity index (χ1v) is 7.55. The summed E-state index contributed by atoms with van der Waals surface area (Å²) in [5.41, 5.74) is 1.64. The largest absolute Gasteiger partial charge is 0.506 e. The number of hydrogen-bond acceptors (Lipinski definition) is 4. The molecule has 1 aromatic heterocycles. The Balaban J connectivity index is 2.77. The zero-order valence-electron chi connectivity index (χ0n) is 12.5. The van der Waals surface area contributed by atoms with Crippen molar-refractivity contribution in [3.8, 4) is 5.75 Å². The van der Waals surface area contributed by atoms with Gasteiger partial charge in [-0.2, -0.15) is 0 Å². The van der Waals surface area contributed by atoms with Gasteiger partial charge < -0.3 is 19.2 Å². The molecule has 0 saturated carbocycles. The van der Waals surface area contributed by atoms with Crippen molar-refractivity contribution in [3.63, 3.8) is 0 Å². The van der Waals surface area contributed by atoms with Gasteiger partial charge in [0.05, 0.1) is 30.7 Å². The van der Waals surface area contributed by atoms with E-state index in [1.807, 2.05) is 14.1 Å². The Morgan fingerprint density at radius 2 is 2.14 bits per heavy atom. The van der Waals surface area contributed by atoms with Gasteiger partial charge >= 0.3 is 5.97 Å². The van der Waals surface area contributed by atoms with Crippen LogP contribution < -0.4 is 4.90 Å². The fraction of sp³-hybridized carbons (Fsp3) is 0.400. The van der Waals surface area contributed by atoms with Crippen LogP contribution in [0, 0.1) is 6.92 Å². The second-order valence-corrected chi connectivity index (χ2v) is 6.05. The van der Waals surface area contributed by atoms with Gasteiger partial charge in [0.15, 0.2) is 0 Å². The van der Waals surface area contributed by atoms with Crippen molar-refractivity contribution >= 4 is 32.9 Å². The normalized spacial score (nSPS) is 11.3. The predicted octanol–water partition coefficient (Wildman–Crippen LogP) is 2.03. The number of aromatic hydroxyl groups is 1. The van der Waals surface area contributed by atoms with E-state index in [9.17, 15) is 9.90 Å². The molecule has 0 aliphatic rings.